The molecule has 0 aliphatic heterocycles. The van der Waals surface area contributed by atoms with Crippen LogP contribution in [0.2, 0.25) is 0 Å². The van der Waals surface area contributed by atoms with Gasteiger partial charge in [-0.05, 0) is 24.2 Å². The average molecular weight is 225 g/mol. The maximum Gasteiger partial charge on any atom is 0.195 e. The number of hydrogen-bond acceptors (Lipinski definition) is 1. The first-order valence-electron chi connectivity index (χ1n) is 6.23. The molecule has 0 saturated heterocycles. The summed E-state index contributed by atoms with van der Waals surface area (Å²) in [6.45, 7) is 5.73. The zero-order valence-corrected chi connectivity index (χ0v) is 11.7. The Hall–Kier alpha value is -0.730. The number of guanidine groups is 1. The maximum atomic E-state index is 4.77. The van der Waals surface area contributed by atoms with E-state index in [1.807, 2.05) is 0 Å². The molecule has 0 spiro atoms. The van der Waals surface area contributed by atoms with Gasteiger partial charge in [0.1, 0.15) is 0 Å². The summed E-state index contributed by atoms with van der Waals surface area (Å²) >= 11 is 0. The van der Waals surface area contributed by atoms with E-state index in [-0.39, 0.29) is 0 Å². The van der Waals surface area contributed by atoms with E-state index in [4.69, 9.17) is 4.99 Å². The number of nitrogens with zero attached hydrogens (tertiary/aromatic N) is 3. The Morgan fingerprint density at radius 2 is 1.75 bits per heavy atom. The zero-order valence-electron chi connectivity index (χ0n) is 11.7. The molecular weight excluding hydrogens is 198 g/mol. The van der Waals surface area contributed by atoms with E-state index in [9.17, 15) is 0 Å². The highest BCUT2D eigenvalue weighted by Crippen LogP contribution is 2.42. The lowest BCUT2D eigenvalue weighted by atomic mass is 9.82. The third kappa shape index (κ3) is 3.13. The van der Waals surface area contributed by atoms with Gasteiger partial charge in [0.05, 0.1) is 0 Å². The fourth-order valence-electron chi connectivity index (χ4n) is 2.61. The van der Waals surface area contributed by atoms with E-state index < -0.39 is 0 Å². The van der Waals surface area contributed by atoms with Crippen LogP contribution >= 0.6 is 0 Å². The van der Waals surface area contributed by atoms with Crippen LogP contribution in [0.15, 0.2) is 4.99 Å². The summed E-state index contributed by atoms with van der Waals surface area (Å²) in [5.74, 6) is 1.82. The molecule has 0 radical (unpaired) electrons. The standard InChI is InChI=1S/C13H27N3/c1-13(2)9-7-8-11(13)10-14-12(15(3)4)16(5)6/h11H,7-10H2,1-6H3. The van der Waals surface area contributed by atoms with Crippen molar-refractivity contribution >= 4 is 5.96 Å². The fourth-order valence-corrected chi connectivity index (χ4v) is 2.61. The van der Waals surface area contributed by atoms with Gasteiger partial charge in [-0.2, -0.15) is 0 Å². The van der Waals surface area contributed by atoms with Crippen molar-refractivity contribution in [2.75, 3.05) is 34.7 Å². The summed E-state index contributed by atoms with van der Waals surface area (Å²) in [7, 11) is 8.22. The minimum absolute atomic E-state index is 0.479. The summed E-state index contributed by atoms with van der Waals surface area (Å²) in [6.07, 6.45) is 4.06. The second kappa shape index (κ2) is 5.07. The normalized spacial score (nSPS) is 23.0. The van der Waals surface area contributed by atoms with Crippen LogP contribution in [-0.2, 0) is 0 Å². The van der Waals surface area contributed by atoms with Crippen molar-refractivity contribution in [1.82, 2.24) is 9.80 Å². The highest BCUT2D eigenvalue weighted by molar-refractivity contribution is 5.79. The van der Waals surface area contributed by atoms with Crippen LogP contribution in [0.1, 0.15) is 33.1 Å². The summed E-state index contributed by atoms with van der Waals surface area (Å²) in [5, 5.41) is 0. The van der Waals surface area contributed by atoms with E-state index in [1.165, 1.54) is 19.3 Å². The molecule has 3 heteroatoms. The van der Waals surface area contributed by atoms with E-state index in [1.54, 1.807) is 0 Å². The van der Waals surface area contributed by atoms with Gasteiger partial charge in [-0.15, -0.1) is 0 Å². The molecule has 1 aliphatic rings. The summed E-state index contributed by atoms with van der Waals surface area (Å²) in [4.78, 5) is 8.94. The second-order valence-electron chi connectivity index (χ2n) is 6.01. The van der Waals surface area contributed by atoms with E-state index in [2.05, 4.69) is 51.8 Å². The fraction of sp³-hybridized carbons (Fsp3) is 0.923. The molecule has 1 unspecified atom stereocenters. The predicted molar refractivity (Wildman–Crippen MR) is 70.8 cm³/mol. The molecule has 1 saturated carbocycles. The summed E-state index contributed by atoms with van der Waals surface area (Å²) in [6, 6.07) is 0. The van der Waals surface area contributed by atoms with Crippen molar-refractivity contribution in [3.05, 3.63) is 0 Å². The smallest absolute Gasteiger partial charge is 0.195 e. The van der Waals surface area contributed by atoms with Crippen LogP contribution in [-0.4, -0.2) is 50.5 Å². The van der Waals surface area contributed by atoms with Gasteiger partial charge in [-0.3, -0.25) is 4.99 Å². The second-order valence-corrected chi connectivity index (χ2v) is 6.01. The Kier molecular flexibility index (Phi) is 4.22. The van der Waals surface area contributed by atoms with Crippen molar-refractivity contribution in [2.45, 2.75) is 33.1 Å². The minimum atomic E-state index is 0.479. The minimum Gasteiger partial charge on any atom is -0.349 e. The van der Waals surface area contributed by atoms with Crippen molar-refractivity contribution < 1.29 is 0 Å². The van der Waals surface area contributed by atoms with Crippen molar-refractivity contribution in [3.63, 3.8) is 0 Å². The van der Waals surface area contributed by atoms with E-state index >= 15 is 0 Å². The molecule has 0 heterocycles. The first-order valence-corrected chi connectivity index (χ1v) is 6.23. The molecule has 1 fully saturated rings. The predicted octanol–water partition coefficient (Wildman–Crippen LogP) is 2.29. The van der Waals surface area contributed by atoms with E-state index in [0.717, 1.165) is 18.4 Å². The molecule has 0 N–H and O–H groups in total. The van der Waals surface area contributed by atoms with Gasteiger partial charge in [-0.1, -0.05) is 20.3 Å². The summed E-state index contributed by atoms with van der Waals surface area (Å²) < 4.78 is 0. The van der Waals surface area contributed by atoms with E-state index in [0.29, 0.717) is 5.41 Å². The molecule has 0 aromatic carbocycles. The maximum absolute atomic E-state index is 4.77. The topological polar surface area (TPSA) is 18.8 Å². The van der Waals surface area contributed by atoms with Crippen LogP contribution < -0.4 is 0 Å². The molecule has 0 amide bonds. The molecule has 0 aromatic rings. The lowest BCUT2D eigenvalue weighted by Gasteiger charge is -2.27. The van der Waals surface area contributed by atoms with Crippen molar-refractivity contribution in [2.24, 2.45) is 16.3 Å². The highest BCUT2D eigenvalue weighted by atomic mass is 15.3. The van der Waals surface area contributed by atoms with Gasteiger partial charge in [-0.25, -0.2) is 0 Å². The van der Waals surface area contributed by atoms with Crippen molar-refractivity contribution in [1.29, 1.82) is 0 Å². The lowest BCUT2D eigenvalue weighted by molar-refractivity contribution is 0.266. The van der Waals surface area contributed by atoms with Gasteiger partial charge < -0.3 is 9.80 Å². The van der Waals surface area contributed by atoms with Crippen LogP contribution in [0, 0.1) is 11.3 Å². The Bertz CT molecular complexity index is 244. The summed E-state index contributed by atoms with van der Waals surface area (Å²) in [5.41, 5.74) is 0.479. The molecule has 16 heavy (non-hydrogen) atoms. The molecule has 0 bridgehead atoms. The molecule has 0 aromatic heterocycles. The SMILES string of the molecule is CN(C)C(=NCC1CCCC1(C)C)N(C)C. The number of hydrogen-bond donors (Lipinski definition) is 0. The molecule has 1 aliphatic carbocycles. The van der Waals surface area contributed by atoms with Crippen LogP contribution in [0.5, 0.6) is 0 Å². The van der Waals surface area contributed by atoms with Gasteiger partial charge in [0.25, 0.3) is 0 Å². The van der Waals surface area contributed by atoms with Gasteiger partial charge in [0.2, 0.25) is 0 Å². The van der Waals surface area contributed by atoms with Gasteiger partial charge >= 0.3 is 0 Å². The van der Waals surface area contributed by atoms with Crippen molar-refractivity contribution in [3.8, 4) is 0 Å². The molecule has 1 atom stereocenters. The Labute approximate surface area is 101 Å². The average Bonchev–Trinajstić information content (AvgIpc) is 2.44. The Morgan fingerprint density at radius 1 is 1.19 bits per heavy atom. The monoisotopic (exact) mass is 225 g/mol. The third-order valence-corrected chi connectivity index (χ3v) is 3.73. The first kappa shape index (κ1) is 13.3. The molecule has 94 valence electrons. The van der Waals surface area contributed by atoms with Crippen LogP contribution in [0.4, 0.5) is 0 Å². The molecular formula is C13H27N3. The van der Waals surface area contributed by atoms with Gasteiger partial charge in [0.15, 0.2) is 5.96 Å². The lowest BCUT2D eigenvalue weighted by Crippen LogP contribution is -2.36. The molecule has 1 rings (SSSR count). The highest BCUT2D eigenvalue weighted by Gasteiger charge is 2.34. The Morgan fingerprint density at radius 3 is 2.12 bits per heavy atom. The largest absolute Gasteiger partial charge is 0.349 e. The van der Waals surface area contributed by atoms with Crippen LogP contribution in [0.25, 0.3) is 0 Å². The number of aliphatic imine (C=N–C) groups is 1. The zero-order chi connectivity index (χ0) is 12.3. The van der Waals surface area contributed by atoms with Gasteiger partial charge in [0, 0.05) is 34.7 Å². The first-order chi connectivity index (χ1) is 7.34. The molecule has 3 nitrogen and oxygen atoms in total. The van der Waals surface area contributed by atoms with Crippen LogP contribution in [0.3, 0.4) is 0 Å². The quantitative estimate of drug-likeness (QED) is 0.530. The number of rotatable bonds is 2. The third-order valence-electron chi connectivity index (χ3n) is 3.73. The Balaban J connectivity index is 2.63.